The molecule has 0 spiro atoms. The lowest BCUT2D eigenvalue weighted by molar-refractivity contribution is -0.138. The van der Waals surface area contributed by atoms with Crippen LogP contribution in [0.2, 0.25) is 0 Å². The Bertz CT molecular complexity index is 869. The summed E-state index contributed by atoms with van der Waals surface area (Å²) >= 11 is 0. The van der Waals surface area contributed by atoms with Crippen LogP contribution in [0.5, 0.6) is 11.5 Å². The van der Waals surface area contributed by atoms with Gasteiger partial charge >= 0.3 is 5.97 Å². The van der Waals surface area contributed by atoms with E-state index in [-0.39, 0.29) is 31.1 Å². The van der Waals surface area contributed by atoms with Gasteiger partial charge in [-0.05, 0) is 31.0 Å². The van der Waals surface area contributed by atoms with Gasteiger partial charge < -0.3 is 20.1 Å². The molecule has 7 nitrogen and oxygen atoms in total. The molecule has 0 saturated carbocycles. The first-order chi connectivity index (χ1) is 14.3. The third-order valence-electron chi connectivity index (χ3n) is 5.00. The van der Waals surface area contributed by atoms with Crippen molar-refractivity contribution >= 4 is 12.3 Å². The van der Waals surface area contributed by atoms with Crippen molar-refractivity contribution < 1.29 is 24.9 Å². The van der Waals surface area contributed by atoms with Crippen molar-refractivity contribution in [3.8, 4) is 11.5 Å². The van der Waals surface area contributed by atoms with Gasteiger partial charge in [0.2, 0.25) is 0 Å². The highest BCUT2D eigenvalue weighted by Gasteiger charge is 2.16. The average Bonchev–Trinajstić information content (AvgIpc) is 2.70. The van der Waals surface area contributed by atoms with E-state index in [1.165, 1.54) is 0 Å². The van der Waals surface area contributed by atoms with Gasteiger partial charge in [0.1, 0.15) is 17.8 Å². The molecular weight excluding hydrogens is 384 g/mol. The van der Waals surface area contributed by atoms with Crippen LogP contribution >= 0.6 is 0 Å². The van der Waals surface area contributed by atoms with Gasteiger partial charge in [0.25, 0.3) is 0 Å². The fraction of sp³-hybridized carbons (Fsp3) is 0.391. The van der Waals surface area contributed by atoms with Gasteiger partial charge in [-0.1, -0.05) is 36.8 Å². The Morgan fingerprint density at radius 3 is 2.20 bits per heavy atom. The molecular formula is C23H30N2O5. The van der Waals surface area contributed by atoms with Crippen LogP contribution in [-0.4, -0.2) is 63.6 Å². The molecule has 0 heterocycles. The van der Waals surface area contributed by atoms with Crippen molar-refractivity contribution in [3.05, 3.63) is 58.7 Å². The number of carboxylic acid groups (broad SMARTS) is 1. The maximum absolute atomic E-state index is 11.3. The van der Waals surface area contributed by atoms with E-state index in [0.29, 0.717) is 25.2 Å². The molecule has 30 heavy (non-hydrogen) atoms. The minimum Gasteiger partial charge on any atom is -0.508 e. The highest BCUT2D eigenvalue weighted by Crippen LogP contribution is 2.22. The topological polar surface area (TPSA) is 101 Å². The predicted octanol–water partition coefficient (Wildman–Crippen LogP) is 2.56. The second kappa shape index (κ2) is 11.3. The van der Waals surface area contributed by atoms with Crippen molar-refractivity contribution in [2.24, 2.45) is 0 Å². The Morgan fingerprint density at radius 1 is 0.967 bits per heavy atom. The maximum atomic E-state index is 11.3. The third-order valence-corrected chi connectivity index (χ3v) is 5.00. The molecule has 0 radical (unpaired) electrons. The molecule has 0 unspecified atom stereocenters. The van der Waals surface area contributed by atoms with Crippen LogP contribution in [0.4, 0.5) is 0 Å². The zero-order valence-electron chi connectivity index (χ0n) is 17.5. The highest BCUT2D eigenvalue weighted by atomic mass is 16.4. The molecule has 0 aliphatic rings. The summed E-state index contributed by atoms with van der Waals surface area (Å²) in [6.45, 7) is 5.43. The van der Waals surface area contributed by atoms with E-state index in [4.69, 9.17) is 0 Å². The molecule has 0 aromatic heterocycles. The predicted molar refractivity (Wildman–Crippen MR) is 115 cm³/mol. The Labute approximate surface area is 177 Å². The van der Waals surface area contributed by atoms with Crippen LogP contribution < -0.4 is 0 Å². The number of aliphatic carboxylic acids is 1. The molecule has 2 aromatic rings. The van der Waals surface area contributed by atoms with E-state index in [1.807, 2.05) is 43.0 Å². The SMILES string of the molecule is CCc1ccc(O)c(CN(CCN(CC=O)Cc2cc(C)ccc2O)CC(=O)O)c1. The number of aromatic hydroxyl groups is 2. The number of carbonyl (C=O) groups excluding carboxylic acids is 1. The van der Waals surface area contributed by atoms with Crippen molar-refractivity contribution in [2.45, 2.75) is 33.4 Å². The van der Waals surface area contributed by atoms with Crippen LogP contribution in [0.15, 0.2) is 36.4 Å². The molecule has 0 saturated heterocycles. The van der Waals surface area contributed by atoms with Crippen LogP contribution in [0.1, 0.15) is 29.2 Å². The molecule has 0 aliphatic carbocycles. The molecule has 0 amide bonds. The molecule has 3 N–H and O–H groups in total. The number of nitrogens with zero attached hydrogens (tertiary/aromatic N) is 2. The number of hydrogen-bond acceptors (Lipinski definition) is 6. The van der Waals surface area contributed by atoms with Gasteiger partial charge in [-0.25, -0.2) is 0 Å². The van der Waals surface area contributed by atoms with Gasteiger partial charge in [-0.3, -0.25) is 14.6 Å². The first kappa shape index (κ1) is 23.4. The van der Waals surface area contributed by atoms with Gasteiger partial charge in [-0.2, -0.15) is 0 Å². The number of aldehydes is 1. The van der Waals surface area contributed by atoms with Crippen LogP contribution in [0.3, 0.4) is 0 Å². The number of rotatable bonds is 12. The zero-order chi connectivity index (χ0) is 22.1. The Balaban J connectivity index is 2.11. The summed E-state index contributed by atoms with van der Waals surface area (Å²) in [7, 11) is 0. The number of phenolic OH excluding ortho intramolecular Hbond substituents is 2. The second-order valence-corrected chi connectivity index (χ2v) is 7.45. The van der Waals surface area contributed by atoms with E-state index in [1.54, 1.807) is 17.0 Å². The van der Waals surface area contributed by atoms with Gasteiger partial charge in [0.15, 0.2) is 0 Å². The number of hydrogen-bond donors (Lipinski definition) is 3. The normalized spacial score (nSPS) is 11.2. The van der Waals surface area contributed by atoms with E-state index in [0.717, 1.165) is 29.4 Å². The minimum atomic E-state index is -0.959. The molecule has 7 heteroatoms. The second-order valence-electron chi connectivity index (χ2n) is 7.45. The van der Waals surface area contributed by atoms with Crippen molar-refractivity contribution in [3.63, 3.8) is 0 Å². The minimum absolute atomic E-state index is 0.136. The standard InChI is InChI=1S/C23H30N2O5/c1-3-18-5-7-22(28)20(13-18)15-25(16-23(29)30)9-8-24(10-11-26)14-19-12-17(2)4-6-21(19)27/h4-7,11-13,27-28H,3,8-10,14-16H2,1-2H3,(H,29,30). The molecule has 0 aliphatic heterocycles. The highest BCUT2D eigenvalue weighted by molar-refractivity contribution is 5.69. The first-order valence-electron chi connectivity index (χ1n) is 10.0. The Morgan fingerprint density at radius 2 is 1.57 bits per heavy atom. The molecule has 0 bridgehead atoms. The maximum Gasteiger partial charge on any atom is 0.317 e. The van der Waals surface area contributed by atoms with Crippen LogP contribution in [0.25, 0.3) is 0 Å². The van der Waals surface area contributed by atoms with E-state index < -0.39 is 5.97 Å². The molecule has 162 valence electrons. The van der Waals surface area contributed by atoms with Crippen molar-refractivity contribution in [2.75, 3.05) is 26.2 Å². The van der Waals surface area contributed by atoms with Crippen LogP contribution in [-0.2, 0) is 29.1 Å². The quantitative estimate of drug-likeness (QED) is 0.459. The monoisotopic (exact) mass is 414 g/mol. The van der Waals surface area contributed by atoms with Crippen molar-refractivity contribution in [1.82, 2.24) is 9.80 Å². The lowest BCUT2D eigenvalue weighted by Gasteiger charge is -2.26. The number of phenols is 2. The van der Waals surface area contributed by atoms with Gasteiger partial charge in [-0.15, -0.1) is 0 Å². The summed E-state index contributed by atoms with van der Waals surface area (Å²) in [6, 6.07) is 10.7. The summed E-state index contributed by atoms with van der Waals surface area (Å²) in [5, 5.41) is 29.6. The van der Waals surface area contributed by atoms with E-state index in [9.17, 15) is 24.9 Å². The summed E-state index contributed by atoms with van der Waals surface area (Å²) in [6.07, 6.45) is 1.62. The smallest absolute Gasteiger partial charge is 0.317 e. The largest absolute Gasteiger partial charge is 0.508 e. The van der Waals surface area contributed by atoms with Crippen molar-refractivity contribution in [1.29, 1.82) is 0 Å². The zero-order valence-corrected chi connectivity index (χ0v) is 17.5. The summed E-state index contributed by atoms with van der Waals surface area (Å²) in [4.78, 5) is 26.1. The summed E-state index contributed by atoms with van der Waals surface area (Å²) in [5.74, 6) is -0.656. The lowest BCUT2D eigenvalue weighted by atomic mass is 10.1. The van der Waals surface area contributed by atoms with Crippen LogP contribution in [0, 0.1) is 6.92 Å². The molecule has 2 rings (SSSR count). The third kappa shape index (κ3) is 7.17. The lowest BCUT2D eigenvalue weighted by Crippen LogP contribution is -2.38. The summed E-state index contributed by atoms with van der Waals surface area (Å²) in [5.41, 5.74) is 3.46. The Kier molecular flexibility index (Phi) is 8.83. The fourth-order valence-corrected chi connectivity index (χ4v) is 3.34. The number of benzene rings is 2. The van der Waals surface area contributed by atoms with Gasteiger partial charge in [0, 0.05) is 37.3 Å². The molecule has 0 fully saturated rings. The molecule has 2 aromatic carbocycles. The first-order valence-corrected chi connectivity index (χ1v) is 10.0. The fourth-order valence-electron chi connectivity index (χ4n) is 3.34. The van der Waals surface area contributed by atoms with Gasteiger partial charge in [0.05, 0.1) is 13.1 Å². The summed E-state index contributed by atoms with van der Waals surface area (Å²) < 4.78 is 0. The Hall–Kier alpha value is -2.90. The number of carboxylic acids is 1. The average molecular weight is 415 g/mol. The number of carbonyl (C=O) groups is 2. The molecule has 0 atom stereocenters. The van der Waals surface area contributed by atoms with E-state index >= 15 is 0 Å². The number of aryl methyl sites for hydroxylation is 2. The van der Waals surface area contributed by atoms with E-state index in [2.05, 4.69) is 0 Å².